The van der Waals surface area contributed by atoms with Crippen molar-refractivity contribution in [3.8, 4) is 5.75 Å². The van der Waals surface area contributed by atoms with Crippen LogP contribution in [-0.2, 0) is 21.3 Å². The number of hydrogen-bond acceptors (Lipinski definition) is 4. The van der Waals surface area contributed by atoms with Crippen LogP contribution < -0.4 is 4.18 Å². The summed E-state index contributed by atoms with van der Waals surface area (Å²) in [7, 11) is -3.85. The van der Waals surface area contributed by atoms with E-state index < -0.39 is 10.1 Å². The summed E-state index contributed by atoms with van der Waals surface area (Å²) in [6, 6.07) is 11.9. The van der Waals surface area contributed by atoms with Crippen molar-refractivity contribution in [3.63, 3.8) is 0 Å². The van der Waals surface area contributed by atoms with Crippen molar-refractivity contribution in [2.45, 2.75) is 38.5 Å². The Kier molecular flexibility index (Phi) is 5.21. The number of aryl methyl sites for hydroxylation is 3. The third-order valence-electron chi connectivity index (χ3n) is 3.49. The molecule has 0 aromatic heterocycles. The molecule has 23 heavy (non-hydrogen) atoms. The number of ketones is 1. The maximum Gasteiger partial charge on any atom is 0.339 e. The summed E-state index contributed by atoms with van der Waals surface area (Å²) in [5.74, 6) is 0.388. The van der Waals surface area contributed by atoms with Gasteiger partial charge in [-0.05, 0) is 56.5 Å². The summed E-state index contributed by atoms with van der Waals surface area (Å²) >= 11 is 0. The summed E-state index contributed by atoms with van der Waals surface area (Å²) in [5, 5.41) is 0. The second-order valence-electron chi connectivity index (χ2n) is 5.65. The van der Waals surface area contributed by atoms with E-state index in [0.717, 1.165) is 11.1 Å². The van der Waals surface area contributed by atoms with E-state index in [9.17, 15) is 13.2 Å². The van der Waals surface area contributed by atoms with Gasteiger partial charge >= 0.3 is 10.1 Å². The van der Waals surface area contributed by atoms with Crippen LogP contribution in [0.3, 0.4) is 0 Å². The fourth-order valence-corrected chi connectivity index (χ4v) is 3.43. The van der Waals surface area contributed by atoms with Crippen LogP contribution in [-0.4, -0.2) is 14.2 Å². The van der Waals surface area contributed by atoms with Crippen molar-refractivity contribution in [2.75, 3.05) is 0 Å². The minimum Gasteiger partial charge on any atom is -0.379 e. The molecule has 0 spiro atoms. The van der Waals surface area contributed by atoms with Crippen LogP contribution >= 0.6 is 0 Å². The van der Waals surface area contributed by atoms with Gasteiger partial charge in [-0.25, -0.2) is 0 Å². The van der Waals surface area contributed by atoms with Crippen molar-refractivity contribution < 1.29 is 17.4 Å². The third-order valence-corrected chi connectivity index (χ3v) is 4.90. The minimum absolute atomic E-state index is 0.128. The van der Waals surface area contributed by atoms with Crippen LogP contribution in [0.25, 0.3) is 0 Å². The van der Waals surface area contributed by atoms with Gasteiger partial charge in [0.05, 0.1) is 0 Å². The van der Waals surface area contributed by atoms with Crippen molar-refractivity contribution >= 4 is 15.9 Å². The fraction of sp³-hybridized carbons (Fsp3) is 0.278. The van der Waals surface area contributed by atoms with Crippen molar-refractivity contribution in [1.82, 2.24) is 0 Å². The van der Waals surface area contributed by atoms with E-state index in [-0.39, 0.29) is 16.4 Å². The van der Waals surface area contributed by atoms with Gasteiger partial charge in [0, 0.05) is 6.42 Å². The van der Waals surface area contributed by atoms with Gasteiger partial charge in [0.15, 0.2) is 0 Å². The summed E-state index contributed by atoms with van der Waals surface area (Å²) in [5.41, 5.74) is 2.62. The van der Waals surface area contributed by atoms with E-state index in [4.69, 9.17) is 4.18 Å². The number of benzene rings is 2. The molecule has 2 aromatic rings. The highest BCUT2D eigenvalue weighted by molar-refractivity contribution is 7.87. The van der Waals surface area contributed by atoms with Gasteiger partial charge in [-0.1, -0.05) is 29.8 Å². The lowest BCUT2D eigenvalue weighted by atomic mass is 10.1. The molecular formula is C18H20O4S. The maximum atomic E-state index is 12.4. The van der Waals surface area contributed by atoms with Gasteiger partial charge in [0.1, 0.15) is 16.4 Å². The molecule has 4 nitrogen and oxygen atoms in total. The summed E-state index contributed by atoms with van der Waals surface area (Å²) < 4.78 is 29.9. The van der Waals surface area contributed by atoms with Crippen molar-refractivity contribution in [2.24, 2.45) is 0 Å². The van der Waals surface area contributed by atoms with Gasteiger partial charge < -0.3 is 8.98 Å². The zero-order valence-electron chi connectivity index (χ0n) is 13.5. The molecule has 0 amide bonds. The standard InChI is InChI=1S/C18H20O4S/c1-13-4-11-18(14(2)12-13)23(20,21)22-17-9-7-16(8-10-17)6-5-15(3)19/h4,7-12H,5-6H2,1-3H3. The molecule has 0 saturated heterocycles. The lowest BCUT2D eigenvalue weighted by Gasteiger charge is -2.10. The van der Waals surface area contributed by atoms with Gasteiger partial charge in [-0.3, -0.25) is 0 Å². The first-order valence-electron chi connectivity index (χ1n) is 7.38. The zero-order valence-corrected chi connectivity index (χ0v) is 14.3. The van der Waals surface area contributed by atoms with Crippen LogP contribution in [0.15, 0.2) is 47.4 Å². The van der Waals surface area contributed by atoms with Crippen LogP contribution in [0.2, 0.25) is 0 Å². The molecule has 0 heterocycles. The lowest BCUT2D eigenvalue weighted by molar-refractivity contribution is -0.116. The van der Waals surface area contributed by atoms with E-state index in [0.29, 0.717) is 18.4 Å². The molecule has 0 atom stereocenters. The average molecular weight is 332 g/mol. The molecular weight excluding hydrogens is 312 g/mol. The van der Waals surface area contributed by atoms with Gasteiger partial charge in [-0.2, -0.15) is 8.42 Å². The first kappa shape index (κ1) is 17.2. The number of carbonyl (C=O) groups excluding carboxylic acids is 1. The molecule has 2 rings (SSSR count). The Balaban J connectivity index is 2.15. The smallest absolute Gasteiger partial charge is 0.339 e. The van der Waals surface area contributed by atoms with Crippen LogP contribution in [0.1, 0.15) is 30.0 Å². The molecule has 0 aliphatic rings. The number of hydrogen-bond donors (Lipinski definition) is 0. The van der Waals surface area contributed by atoms with Gasteiger partial charge in [0.2, 0.25) is 0 Å². The van der Waals surface area contributed by atoms with Crippen LogP contribution in [0.5, 0.6) is 5.75 Å². The Hall–Kier alpha value is -2.14. The Morgan fingerprint density at radius 3 is 2.26 bits per heavy atom. The summed E-state index contributed by atoms with van der Waals surface area (Å²) in [6.07, 6.45) is 1.11. The quantitative estimate of drug-likeness (QED) is 0.759. The Morgan fingerprint density at radius 2 is 1.70 bits per heavy atom. The molecule has 0 saturated carbocycles. The van der Waals surface area contributed by atoms with Gasteiger partial charge in [0.25, 0.3) is 0 Å². The monoisotopic (exact) mass is 332 g/mol. The molecule has 0 aliphatic heterocycles. The van der Waals surface area contributed by atoms with Gasteiger partial charge in [-0.15, -0.1) is 0 Å². The zero-order chi connectivity index (χ0) is 17.0. The molecule has 5 heteroatoms. The number of carbonyl (C=O) groups is 1. The highest BCUT2D eigenvalue weighted by atomic mass is 32.2. The highest BCUT2D eigenvalue weighted by Crippen LogP contribution is 2.22. The second kappa shape index (κ2) is 6.96. The first-order chi connectivity index (χ1) is 10.8. The van der Waals surface area contributed by atoms with E-state index in [1.165, 1.54) is 0 Å². The molecule has 2 aromatic carbocycles. The van der Waals surface area contributed by atoms with E-state index in [1.54, 1.807) is 56.3 Å². The second-order valence-corrected chi connectivity index (χ2v) is 7.17. The normalized spacial score (nSPS) is 11.3. The first-order valence-corrected chi connectivity index (χ1v) is 8.79. The Morgan fingerprint density at radius 1 is 1.04 bits per heavy atom. The van der Waals surface area contributed by atoms with E-state index in [2.05, 4.69) is 0 Å². The molecule has 0 radical (unpaired) electrons. The van der Waals surface area contributed by atoms with E-state index >= 15 is 0 Å². The predicted molar refractivity (Wildman–Crippen MR) is 89.2 cm³/mol. The SMILES string of the molecule is CC(=O)CCc1ccc(OS(=O)(=O)c2ccc(C)cc2C)cc1. The lowest BCUT2D eigenvalue weighted by Crippen LogP contribution is -2.11. The van der Waals surface area contributed by atoms with Crippen LogP contribution in [0.4, 0.5) is 0 Å². The number of rotatable bonds is 6. The van der Waals surface area contributed by atoms with E-state index in [1.807, 2.05) is 6.92 Å². The Labute approximate surface area is 137 Å². The van der Waals surface area contributed by atoms with Crippen LogP contribution in [0, 0.1) is 13.8 Å². The molecule has 0 N–H and O–H groups in total. The maximum absolute atomic E-state index is 12.4. The van der Waals surface area contributed by atoms with Crippen molar-refractivity contribution in [3.05, 3.63) is 59.2 Å². The third kappa shape index (κ3) is 4.66. The van der Waals surface area contributed by atoms with Crippen molar-refractivity contribution in [1.29, 1.82) is 0 Å². The number of Topliss-reactive ketones (excluding diaryl/α,β-unsaturated/α-hetero) is 1. The molecule has 0 bridgehead atoms. The highest BCUT2D eigenvalue weighted by Gasteiger charge is 2.19. The Bertz CT molecular complexity index is 805. The molecule has 122 valence electrons. The predicted octanol–water partition coefficient (Wildman–Crippen LogP) is 3.59. The molecule has 0 aliphatic carbocycles. The molecule has 0 fully saturated rings. The largest absolute Gasteiger partial charge is 0.379 e. The molecule has 0 unspecified atom stereocenters. The minimum atomic E-state index is -3.85. The topological polar surface area (TPSA) is 60.4 Å². The average Bonchev–Trinajstić information content (AvgIpc) is 2.45. The fourth-order valence-electron chi connectivity index (χ4n) is 2.28. The summed E-state index contributed by atoms with van der Waals surface area (Å²) in [6.45, 7) is 5.20. The summed E-state index contributed by atoms with van der Waals surface area (Å²) in [4.78, 5) is 11.2.